The van der Waals surface area contributed by atoms with Crippen molar-refractivity contribution in [1.82, 2.24) is 4.90 Å². The monoisotopic (exact) mass is 303 g/mol. The number of nitrogens with zero attached hydrogens (tertiary/aromatic N) is 1. The van der Waals surface area contributed by atoms with Gasteiger partial charge in [-0.25, -0.2) is 0 Å². The second-order valence-corrected chi connectivity index (χ2v) is 5.54. The average molecular weight is 304 g/mol. The summed E-state index contributed by atoms with van der Waals surface area (Å²) < 4.78 is 0. The molecule has 0 heterocycles. The van der Waals surface area contributed by atoms with Gasteiger partial charge >= 0.3 is 0 Å². The van der Waals surface area contributed by atoms with Crippen LogP contribution >= 0.6 is 11.6 Å². The molecule has 4 nitrogen and oxygen atoms in total. The van der Waals surface area contributed by atoms with Gasteiger partial charge in [-0.2, -0.15) is 0 Å². The molecule has 0 unspecified atom stereocenters. The van der Waals surface area contributed by atoms with E-state index in [0.717, 1.165) is 17.8 Å². The number of carbonyl (C=O) groups is 1. The Kier molecular flexibility index (Phi) is 4.83. The number of amides is 1. The summed E-state index contributed by atoms with van der Waals surface area (Å²) in [6.07, 6.45) is 0. The Morgan fingerprint density at radius 1 is 1.24 bits per heavy atom. The maximum Gasteiger partial charge on any atom is 0.255 e. The van der Waals surface area contributed by atoms with Crippen LogP contribution in [0, 0.1) is 0 Å². The lowest BCUT2D eigenvalue weighted by atomic mass is 10.1. The van der Waals surface area contributed by atoms with Gasteiger partial charge in [0.2, 0.25) is 0 Å². The van der Waals surface area contributed by atoms with Crippen molar-refractivity contribution in [3.63, 3.8) is 0 Å². The van der Waals surface area contributed by atoms with E-state index in [2.05, 4.69) is 10.2 Å². The highest BCUT2D eigenvalue weighted by Crippen LogP contribution is 2.20. The molecule has 0 fully saturated rings. The second kappa shape index (κ2) is 6.61. The van der Waals surface area contributed by atoms with Crippen LogP contribution in [0.25, 0.3) is 0 Å². The molecule has 1 amide bonds. The van der Waals surface area contributed by atoms with E-state index >= 15 is 0 Å². The van der Waals surface area contributed by atoms with Gasteiger partial charge in [0.1, 0.15) is 0 Å². The lowest BCUT2D eigenvalue weighted by molar-refractivity contribution is 0.102. The zero-order chi connectivity index (χ0) is 15.4. The Labute approximate surface area is 129 Å². The highest BCUT2D eigenvalue weighted by atomic mass is 35.5. The van der Waals surface area contributed by atoms with Crippen molar-refractivity contribution < 1.29 is 4.79 Å². The lowest BCUT2D eigenvalue weighted by Gasteiger charge is -2.11. The molecule has 0 aliphatic rings. The number of nitrogens with one attached hydrogen (secondary N) is 1. The predicted molar refractivity (Wildman–Crippen MR) is 87.7 cm³/mol. The van der Waals surface area contributed by atoms with E-state index in [1.165, 1.54) is 0 Å². The zero-order valence-electron chi connectivity index (χ0n) is 12.1. The minimum Gasteiger partial charge on any atom is -0.398 e. The van der Waals surface area contributed by atoms with Crippen LogP contribution in [0.3, 0.4) is 0 Å². The van der Waals surface area contributed by atoms with Gasteiger partial charge in [-0.15, -0.1) is 0 Å². The first-order valence-electron chi connectivity index (χ1n) is 6.56. The summed E-state index contributed by atoms with van der Waals surface area (Å²) in [6.45, 7) is 0.817. The second-order valence-electron chi connectivity index (χ2n) is 5.13. The van der Waals surface area contributed by atoms with E-state index in [1.807, 2.05) is 38.4 Å². The van der Waals surface area contributed by atoms with Crippen LogP contribution < -0.4 is 11.1 Å². The van der Waals surface area contributed by atoms with Crippen LogP contribution in [-0.4, -0.2) is 24.9 Å². The van der Waals surface area contributed by atoms with Crippen molar-refractivity contribution in [1.29, 1.82) is 0 Å². The molecule has 2 rings (SSSR count). The third-order valence-electron chi connectivity index (χ3n) is 2.94. The van der Waals surface area contributed by atoms with Crippen LogP contribution in [0.2, 0.25) is 5.02 Å². The fraction of sp³-hybridized carbons (Fsp3) is 0.188. The van der Waals surface area contributed by atoms with E-state index in [4.69, 9.17) is 17.3 Å². The van der Waals surface area contributed by atoms with Crippen molar-refractivity contribution in [2.75, 3.05) is 25.1 Å². The van der Waals surface area contributed by atoms with Crippen molar-refractivity contribution in [2.24, 2.45) is 0 Å². The molecule has 0 radical (unpaired) electrons. The van der Waals surface area contributed by atoms with Crippen LogP contribution in [0.1, 0.15) is 15.9 Å². The van der Waals surface area contributed by atoms with Gasteiger partial charge in [0, 0.05) is 17.8 Å². The third-order valence-corrected chi connectivity index (χ3v) is 3.29. The van der Waals surface area contributed by atoms with Crippen molar-refractivity contribution in [3.8, 4) is 0 Å². The first kappa shape index (κ1) is 15.4. The van der Waals surface area contributed by atoms with Crippen molar-refractivity contribution in [3.05, 3.63) is 58.6 Å². The molecular weight excluding hydrogens is 286 g/mol. The molecule has 0 bridgehead atoms. The molecule has 0 aromatic heterocycles. The number of halogens is 1. The summed E-state index contributed by atoms with van der Waals surface area (Å²) in [5.41, 5.74) is 8.48. The quantitative estimate of drug-likeness (QED) is 0.853. The summed E-state index contributed by atoms with van der Waals surface area (Å²) in [7, 11) is 4.00. The van der Waals surface area contributed by atoms with Crippen LogP contribution in [-0.2, 0) is 6.54 Å². The Hall–Kier alpha value is -2.04. The Morgan fingerprint density at radius 2 is 2.00 bits per heavy atom. The molecule has 3 N–H and O–H groups in total. The van der Waals surface area contributed by atoms with Crippen LogP contribution in [0.15, 0.2) is 42.5 Å². The van der Waals surface area contributed by atoms with Crippen molar-refractivity contribution in [2.45, 2.75) is 6.54 Å². The zero-order valence-corrected chi connectivity index (χ0v) is 12.8. The smallest absolute Gasteiger partial charge is 0.255 e. The van der Waals surface area contributed by atoms with E-state index in [-0.39, 0.29) is 5.91 Å². The average Bonchev–Trinajstić information content (AvgIpc) is 2.41. The minimum absolute atomic E-state index is 0.208. The molecule has 0 atom stereocenters. The molecule has 0 aliphatic heterocycles. The number of nitrogen functional groups attached to an aromatic ring is 1. The molecule has 110 valence electrons. The standard InChI is InChI=1S/C16H18ClN3O/c1-20(2)10-11-4-3-5-13(8-11)19-16(21)12-6-7-14(17)15(18)9-12/h3-9H,10,18H2,1-2H3,(H,19,21). The summed E-state index contributed by atoms with van der Waals surface area (Å²) in [6, 6.07) is 12.6. The summed E-state index contributed by atoms with van der Waals surface area (Å²) in [5.74, 6) is -0.208. The fourth-order valence-electron chi connectivity index (χ4n) is 2.00. The molecule has 2 aromatic rings. The maximum atomic E-state index is 12.2. The van der Waals surface area contributed by atoms with Crippen molar-refractivity contribution >= 4 is 28.9 Å². The van der Waals surface area contributed by atoms with Gasteiger partial charge in [0.25, 0.3) is 5.91 Å². The SMILES string of the molecule is CN(C)Cc1cccc(NC(=O)c2ccc(Cl)c(N)c2)c1. The number of hydrogen-bond donors (Lipinski definition) is 2. The topological polar surface area (TPSA) is 58.4 Å². The summed E-state index contributed by atoms with van der Waals surface area (Å²) in [4.78, 5) is 14.3. The highest BCUT2D eigenvalue weighted by molar-refractivity contribution is 6.33. The van der Waals surface area contributed by atoms with Gasteiger partial charge in [-0.3, -0.25) is 4.79 Å². The Morgan fingerprint density at radius 3 is 2.67 bits per heavy atom. The largest absolute Gasteiger partial charge is 0.398 e. The summed E-state index contributed by atoms with van der Waals surface area (Å²) >= 11 is 5.85. The minimum atomic E-state index is -0.208. The summed E-state index contributed by atoms with van der Waals surface area (Å²) in [5, 5.41) is 3.31. The number of rotatable bonds is 4. The third kappa shape index (κ3) is 4.21. The molecule has 21 heavy (non-hydrogen) atoms. The molecule has 0 aliphatic carbocycles. The number of benzene rings is 2. The molecule has 2 aromatic carbocycles. The fourth-order valence-corrected chi connectivity index (χ4v) is 2.12. The highest BCUT2D eigenvalue weighted by Gasteiger charge is 2.08. The molecular formula is C16H18ClN3O. The normalized spacial score (nSPS) is 10.7. The van der Waals surface area contributed by atoms with Gasteiger partial charge in [-0.05, 0) is 50.0 Å². The molecule has 5 heteroatoms. The number of hydrogen-bond acceptors (Lipinski definition) is 3. The number of carbonyl (C=O) groups excluding carboxylic acids is 1. The van der Waals surface area contributed by atoms with Gasteiger partial charge in [-0.1, -0.05) is 23.7 Å². The van der Waals surface area contributed by atoms with Gasteiger partial charge < -0.3 is 16.0 Å². The maximum absolute atomic E-state index is 12.2. The first-order valence-corrected chi connectivity index (χ1v) is 6.93. The lowest BCUT2D eigenvalue weighted by Crippen LogP contribution is -2.13. The number of nitrogens with two attached hydrogens (primary N) is 1. The Balaban J connectivity index is 2.13. The van der Waals surface area contributed by atoms with E-state index < -0.39 is 0 Å². The van der Waals surface area contributed by atoms with Gasteiger partial charge in [0.05, 0.1) is 10.7 Å². The first-order chi connectivity index (χ1) is 9.95. The van der Waals surface area contributed by atoms with E-state index in [1.54, 1.807) is 18.2 Å². The number of anilines is 2. The molecule has 0 spiro atoms. The van der Waals surface area contributed by atoms with Crippen LogP contribution in [0.4, 0.5) is 11.4 Å². The molecule has 0 saturated carbocycles. The molecule has 0 saturated heterocycles. The predicted octanol–water partition coefficient (Wildman–Crippen LogP) is 3.24. The Bertz CT molecular complexity index is 656. The van der Waals surface area contributed by atoms with E-state index in [9.17, 15) is 4.79 Å². The van der Waals surface area contributed by atoms with Crippen LogP contribution in [0.5, 0.6) is 0 Å². The van der Waals surface area contributed by atoms with Gasteiger partial charge in [0.15, 0.2) is 0 Å². The van der Waals surface area contributed by atoms with E-state index in [0.29, 0.717) is 16.3 Å².